The van der Waals surface area contributed by atoms with Gasteiger partial charge in [-0.2, -0.15) is 5.10 Å². The Labute approximate surface area is 148 Å². The minimum absolute atomic E-state index is 0.0432. The van der Waals surface area contributed by atoms with E-state index in [1.54, 1.807) is 10.9 Å². The highest BCUT2D eigenvalue weighted by Gasteiger charge is 2.38. The number of rotatable bonds is 4. The summed E-state index contributed by atoms with van der Waals surface area (Å²) in [6, 6.07) is 9.88. The summed E-state index contributed by atoms with van der Waals surface area (Å²) in [6.07, 6.45) is 6.74. The number of nitrogens with zero attached hydrogens (tertiary/aromatic N) is 4. The average molecular weight is 340 g/mol. The van der Waals surface area contributed by atoms with E-state index in [-0.39, 0.29) is 18.1 Å². The zero-order chi connectivity index (χ0) is 17.2. The Kier molecular flexibility index (Phi) is 4.44. The summed E-state index contributed by atoms with van der Waals surface area (Å²) in [5.74, 6) is 1.10. The van der Waals surface area contributed by atoms with Crippen LogP contribution in [0, 0.1) is 0 Å². The van der Waals surface area contributed by atoms with E-state index in [1.807, 2.05) is 48.5 Å². The Morgan fingerprint density at radius 2 is 2.00 bits per heavy atom. The zero-order valence-corrected chi connectivity index (χ0v) is 14.5. The first-order valence-corrected chi connectivity index (χ1v) is 8.96. The maximum absolute atomic E-state index is 13.0. The number of carbonyl (C=O) groups excluding carboxylic acids is 1. The van der Waals surface area contributed by atoms with Crippen LogP contribution in [0.15, 0.2) is 42.7 Å². The van der Waals surface area contributed by atoms with Crippen molar-refractivity contribution in [3.8, 4) is 5.75 Å². The quantitative estimate of drug-likeness (QED) is 0.855. The Balaban J connectivity index is 1.40. The van der Waals surface area contributed by atoms with E-state index in [1.165, 1.54) is 0 Å². The van der Waals surface area contributed by atoms with Crippen molar-refractivity contribution in [1.82, 2.24) is 14.7 Å². The predicted molar refractivity (Wildman–Crippen MR) is 95.6 cm³/mol. The van der Waals surface area contributed by atoms with Crippen LogP contribution in [0.25, 0.3) is 0 Å². The fourth-order valence-corrected chi connectivity index (χ4v) is 3.82. The summed E-state index contributed by atoms with van der Waals surface area (Å²) in [4.78, 5) is 17.2. The normalized spacial score (nSPS) is 24.7. The second-order valence-corrected chi connectivity index (χ2v) is 6.86. The molecule has 2 aliphatic heterocycles. The van der Waals surface area contributed by atoms with Crippen molar-refractivity contribution in [1.29, 1.82) is 0 Å². The third kappa shape index (κ3) is 3.39. The number of benzene rings is 1. The predicted octanol–water partition coefficient (Wildman–Crippen LogP) is 2.07. The van der Waals surface area contributed by atoms with E-state index >= 15 is 0 Å². The lowest BCUT2D eigenvalue weighted by atomic mass is 10.0. The summed E-state index contributed by atoms with van der Waals surface area (Å²) in [5, 5.41) is 4.20. The molecule has 0 saturated carbocycles. The second kappa shape index (κ2) is 6.88. The van der Waals surface area contributed by atoms with Gasteiger partial charge in [-0.05, 0) is 31.4 Å². The molecule has 2 aliphatic rings. The Bertz CT molecular complexity index is 730. The lowest BCUT2D eigenvalue weighted by molar-refractivity contribution is -0.125. The van der Waals surface area contributed by atoms with Crippen molar-refractivity contribution in [3.63, 3.8) is 0 Å². The molecule has 0 unspecified atom stereocenters. The van der Waals surface area contributed by atoms with Crippen LogP contribution in [0.2, 0.25) is 0 Å². The van der Waals surface area contributed by atoms with Gasteiger partial charge in [-0.15, -0.1) is 0 Å². The van der Waals surface area contributed by atoms with E-state index in [2.05, 4.69) is 10.00 Å². The number of amides is 1. The van der Waals surface area contributed by atoms with Gasteiger partial charge in [0.15, 0.2) is 0 Å². The van der Waals surface area contributed by atoms with Crippen LogP contribution in [0.3, 0.4) is 0 Å². The molecule has 1 aromatic heterocycles. The molecule has 1 amide bonds. The average Bonchev–Trinajstić information content (AvgIpc) is 3.25. The van der Waals surface area contributed by atoms with Crippen molar-refractivity contribution in [3.05, 3.63) is 42.7 Å². The van der Waals surface area contributed by atoms with E-state index in [4.69, 9.17) is 4.74 Å². The van der Waals surface area contributed by atoms with E-state index < -0.39 is 0 Å². The van der Waals surface area contributed by atoms with Crippen molar-refractivity contribution in [2.24, 2.45) is 7.05 Å². The second-order valence-electron chi connectivity index (χ2n) is 6.86. The van der Waals surface area contributed by atoms with Crippen LogP contribution in [-0.4, -0.2) is 52.4 Å². The number of hydrogen-bond acceptors (Lipinski definition) is 4. The first-order valence-electron chi connectivity index (χ1n) is 8.96. The number of anilines is 1. The number of hydrogen-bond donors (Lipinski definition) is 0. The maximum atomic E-state index is 13.0. The standard InChI is InChI=1S/C19H24N4O2/c1-21-13-15(12-20-21)23-10-5-8-18(19(23)24)22-11-9-17(14-22)25-16-6-3-2-4-7-16/h2-4,6-7,12-13,17-18H,5,8-11,14H2,1H3/t17-,18-/m1/s1. The molecule has 6 heteroatoms. The minimum atomic E-state index is -0.0432. The van der Waals surface area contributed by atoms with Crippen LogP contribution in [0.5, 0.6) is 5.75 Å². The molecular formula is C19H24N4O2. The molecule has 3 heterocycles. The van der Waals surface area contributed by atoms with Crippen molar-refractivity contribution < 1.29 is 9.53 Å². The minimum Gasteiger partial charge on any atom is -0.489 e. The number of piperidine rings is 1. The highest BCUT2D eigenvalue weighted by atomic mass is 16.5. The number of para-hydroxylation sites is 1. The zero-order valence-electron chi connectivity index (χ0n) is 14.5. The lowest BCUT2D eigenvalue weighted by Gasteiger charge is -2.36. The van der Waals surface area contributed by atoms with Gasteiger partial charge >= 0.3 is 0 Å². The maximum Gasteiger partial charge on any atom is 0.244 e. The van der Waals surface area contributed by atoms with Crippen LogP contribution >= 0.6 is 0 Å². The van der Waals surface area contributed by atoms with Gasteiger partial charge in [-0.3, -0.25) is 14.4 Å². The van der Waals surface area contributed by atoms with E-state index in [0.717, 1.165) is 50.3 Å². The third-order valence-electron chi connectivity index (χ3n) is 5.08. The molecule has 2 saturated heterocycles. The smallest absolute Gasteiger partial charge is 0.244 e. The fourth-order valence-electron chi connectivity index (χ4n) is 3.82. The molecule has 2 fully saturated rings. The third-order valence-corrected chi connectivity index (χ3v) is 5.08. The van der Waals surface area contributed by atoms with Gasteiger partial charge in [-0.25, -0.2) is 0 Å². The molecule has 0 spiro atoms. The van der Waals surface area contributed by atoms with Crippen molar-refractivity contribution in [2.75, 3.05) is 24.5 Å². The summed E-state index contributed by atoms with van der Waals surface area (Å²) in [7, 11) is 1.88. The van der Waals surface area contributed by atoms with E-state index in [0.29, 0.717) is 0 Å². The number of ether oxygens (including phenoxy) is 1. The van der Waals surface area contributed by atoms with Gasteiger partial charge in [0.1, 0.15) is 11.9 Å². The molecule has 2 atom stereocenters. The lowest BCUT2D eigenvalue weighted by Crippen LogP contribution is -2.52. The molecule has 1 aromatic carbocycles. The topological polar surface area (TPSA) is 50.6 Å². The molecule has 0 bridgehead atoms. The highest BCUT2D eigenvalue weighted by Crippen LogP contribution is 2.27. The molecule has 0 radical (unpaired) electrons. The number of carbonyl (C=O) groups is 1. The Morgan fingerprint density at radius 3 is 2.76 bits per heavy atom. The van der Waals surface area contributed by atoms with Gasteiger partial charge in [0.05, 0.1) is 17.9 Å². The van der Waals surface area contributed by atoms with Crippen molar-refractivity contribution in [2.45, 2.75) is 31.4 Å². The number of aromatic nitrogens is 2. The fraction of sp³-hybridized carbons (Fsp3) is 0.474. The summed E-state index contributed by atoms with van der Waals surface area (Å²) in [5.41, 5.74) is 0.897. The SMILES string of the molecule is Cn1cc(N2CCC[C@@H](N3CC[C@@H](Oc4ccccc4)C3)C2=O)cn1. The molecule has 4 rings (SSSR count). The van der Waals surface area contributed by atoms with Gasteiger partial charge < -0.3 is 9.64 Å². The van der Waals surface area contributed by atoms with Crippen LogP contribution in [-0.2, 0) is 11.8 Å². The Hall–Kier alpha value is -2.34. The largest absolute Gasteiger partial charge is 0.489 e. The van der Waals surface area contributed by atoms with Gasteiger partial charge in [0.2, 0.25) is 5.91 Å². The van der Waals surface area contributed by atoms with Gasteiger partial charge in [0, 0.05) is 32.9 Å². The number of aryl methyl sites for hydroxylation is 1. The molecule has 0 aliphatic carbocycles. The molecule has 6 nitrogen and oxygen atoms in total. The van der Waals surface area contributed by atoms with Crippen LogP contribution < -0.4 is 9.64 Å². The molecule has 0 N–H and O–H groups in total. The van der Waals surface area contributed by atoms with Crippen molar-refractivity contribution >= 4 is 11.6 Å². The van der Waals surface area contributed by atoms with Crippen LogP contribution in [0.1, 0.15) is 19.3 Å². The van der Waals surface area contributed by atoms with Crippen LogP contribution in [0.4, 0.5) is 5.69 Å². The van der Waals surface area contributed by atoms with E-state index in [9.17, 15) is 4.79 Å². The summed E-state index contributed by atoms with van der Waals surface area (Å²) >= 11 is 0. The monoisotopic (exact) mass is 340 g/mol. The number of likely N-dealkylation sites (tertiary alicyclic amines) is 1. The summed E-state index contributed by atoms with van der Waals surface area (Å²) in [6.45, 7) is 2.50. The van der Waals surface area contributed by atoms with Gasteiger partial charge in [0.25, 0.3) is 0 Å². The first kappa shape index (κ1) is 16.1. The van der Waals surface area contributed by atoms with Gasteiger partial charge in [-0.1, -0.05) is 18.2 Å². The molecule has 25 heavy (non-hydrogen) atoms. The molecule has 2 aromatic rings. The molecule has 132 valence electrons. The Morgan fingerprint density at radius 1 is 1.16 bits per heavy atom. The highest BCUT2D eigenvalue weighted by molar-refractivity contribution is 5.97. The first-order chi connectivity index (χ1) is 12.2. The molecular weight excluding hydrogens is 316 g/mol. The summed E-state index contributed by atoms with van der Waals surface area (Å²) < 4.78 is 7.81.